The number of nitrogens with zero attached hydrogens (tertiary/aromatic N) is 4. The van der Waals surface area contributed by atoms with E-state index in [9.17, 15) is 8.78 Å². The van der Waals surface area contributed by atoms with Crippen LogP contribution >= 0.6 is 0 Å². The summed E-state index contributed by atoms with van der Waals surface area (Å²) in [7, 11) is 2.91. The van der Waals surface area contributed by atoms with Crippen molar-refractivity contribution in [1.82, 2.24) is 20.2 Å². The summed E-state index contributed by atoms with van der Waals surface area (Å²) in [5, 5.41) is 8.32. The highest BCUT2D eigenvalue weighted by Crippen LogP contribution is 2.52. The lowest BCUT2D eigenvalue weighted by Gasteiger charge is -2.13. The number of nitrogens with two attached hydrogens (primary N) is 1. The number of hydrogen-bond acceptors (Lipinski definition) is 7. The average molecular weight is 351 g/mol. The standard InChI is InChI=1S/C16H19F2N5O2/c1-7(19)13-9(8-4-10(8)14(17)18)5-12(22-23-13)11-6-20-16(25-3)21-15(11)24-2/h5-8,10,14H,4,19H2,1-3H3/t7?,8-,10+/m1/s1. The van der Waals surface area contributed by atoms with Crippen LogP contribution in [-0.2, 0) is 0 Å². The number of aromatic nitrogens is 4. The van der Waals surface area contributed by atoms with Gasteiger partial charge in [-0.1, -0.05) is 0 Å². The Morgan fingerprint density at radius 2 is 2.00 bits per heavy atom. The van der Waals surface area contributed by atoms with Gasteiger partial charge in [-0.15, -0.1) is 5.10 Å². The van der Waals surface area contributed by atoms with Crippen molar-refractivity contribution in [3.05, 3.63) is 23.5 Å². The molecule has 0 aliphatic heterocycles. The Morgan fingerprint density at radius 3 is 2.56 bits per heavy atom. The summed E-state index contributed by atoms with van der Waals surface area (Å²) >= 11 is 0. The van der Waals surface area contributed by atoms with E-state index >= 15 is 0 Å². The molecule has 1 fully saturated rings. The molecule has 1 aliphatic carbocycles. The number of alkyl halides is 2. The molecule has 1 aliphatic rings. The third-order valence-electron chi connectivity index (χ3n) is 4.23. The lowest BCUT2D eigenvalue weighted by Crippen LogP contribution is -2.13. The highest BCUT2D eigenvalue weighted by atomic mass is 19.3. The van der Waals surface area contributed by atoms with Crippen molar-refractivity contribution >= 4 is 0 Å². The molecule has 2 aromatic rings. The Kier molecular flexibility index (Phi) is 4.76. The van der Waals surface area contributed by atoms with Gasteiger partial charge in [0.05, 0.1) is 25.5 Å². The molecule has 0 aromatic carbocycles. The lowest BCUT2D eigenvalue weighted by atomic mass is 10.0. The van der Waals surface area contributed by atoms with Gasteiger partial charge in [0, 0.05) is 18.2 Å². The molecule has 2 N–H and O–H groups in total. The Balaban J connectivity index is 2.04. The fourth-order valence-corrected chi connectivity index (χ4v) is 2.83. The second kappa shape index (κ2) is 6.83. The van der Waals surface area contributed by atoms with E-state index in [0.29, 0.717) is 28.9 Å². The molecule has 0 spiro atoms. The molecule has 3 rings (SSSR count). The molecule has 0 bridgehead atoms. The van der Waals surface area contributed by atoms with Crippen molar-refractivity contribution in [1.29, 1.82) is 0 Å². The Morgan fingerprint density at radius 1 is 1.24 bits per heavy atom. The van der Waals surface area contributed by atoms with Crippen LogP contribution in [0.3, 0.4) is 0 Å². The van der Waals surface area contributed by atoms with Gasteiger partial charge >= 0.3 is 6.01 Å². The van der Waals surface area contributed by atoms with E-state index in [2.05, 4.69) is 20.2 Å². The van der Waals surface area contributed by atoms with Gasteiger partial charge in [0.15, 0.2) is 0 Å². The second-order valence-corrected chi connectivity index (χ2v) is 5.98. The molecule has 9 heteroatoms. The number of ether oxygens (including phenoxy) is 2. The molecule has 0 radical (unpaired) electrons. The summed E-state index contributed by atoms with van der Waals surface area (Å²) in [4.78, 5) is 8.16. The zero-order valence-electron chi connectivity index (χ0n) is 14.1. The molecular weight excluding hydrogens is 332 g/mol. The molecule has 134 valence electrons. The van der Waals surface area contributed by atoms with Gasteiger partial charge in [-0.25, -0.2) is 13.8 Å². The highest BCUT2D eigenvalue weighted by molar-refractivity contribution is 5.65. The van der Waals surface area contributed by atoms with Crippen molar-refractivity contribution in [3.8, 4) is 23.1 Å². The summed E-state index contributed by atoms with van der Waals surface area (Å²) in [5.41, 5.74) is 8.10. The average Bonchev–Trinajstić information content (AvgIpc) is 3.41. The SMILES string of the molecule is COc1ncc(-c2cc([C@H]3C[C@@H]3C(F)F)c(C(C)N)nn2)c(OC)n1. The van der Waals surface area contributed by atoms with Crippen molar-refractivity contribution in [2.24, 2.45) is 11.7 Å². The largest absolute Gasteiger partial charge is 0.480 e. The van der Waals surface area contributed by atoms with Crippen molar-refractivity contribution in [3.63, 3.8) is 0 Å². The first kappa shape index (κ1) is 17.4. The summed E-state index contributed by atoms with van der Waals surface area (Å²) in [6, 6.07) is 1.48. The lowest BCUT2D eigenvalue weighted by molar-refractivity contribution is 0.120. The van der Waals surface area contributed by atoms with E-state index in [1.807, 2.05) is 0 Å². The van der Waals surface area contributed by atoms with Gasteiger partial charge < -0.3 is 15.2 Å². The number of rotatable bonds is 6. The first-order valence-corrected chi connectivity index (χ1v) is 7.82. The Hall–Kier alpha value is -2.42. The van der Waals surface area contributed by atoms with Crippen LogP contribution in [0, 0.1) is 5.92 Å². The van der Waals surface area contributed by atoms with Gasteiger partial charge in [0.25, 0.3) is 0 Å². The van der Waals surface area contributed by atoms with Crippen LogP contribution in [0.5, 0.6) is 11.9 Å². The molecule has 2 heterocycles. The van der Waals surface area contributed by atoms with Gasteiger partial charge in [0.1, 0.15) is 5.69 Å². The Labute approximate surface area is 143 Å². The smallest absolute Gasteiger partial charge is 0.319 e. The molecule has 1 unspecified atom stereocenters. The van der Waals surface area contributed by atoms with E-state index in [-0.39, 0.29) is 17.8 Å². The van der Waals surface area contributed by atoms with Crippen LogP contribution in [0.2, 0.25) is 0 Å². The predicted molar refractivity (Wildman–Crippen MR) is 85.6 cm³/mol. The predicted octanol–water partition coefficient (Wildman–Crippen LogP) is 2.34. The van der Waals surface area contributed by atoms with Crippen LogP contribution in [-0.4, -0.2) is 40.8 Å². The normalized spacial score (nSPS) is 20.4. The van der Waals surface area contributed by atoms with Crippen molar-refractivity contribution < 1.29 is 18.3 Å². The van der Waals surface area contributed by atoms with Crippen molar-refractivity contribution in [2.75, 3.05) is 14.2 Å². The van der Waals surface area contributed by atoms with Gasteiger partial charge in [0.2, 0.25) is 12.3 Å². The summed E-state index contributed by atoms with van der Waals surface area (Å²) < 4.78 is 36.2. The third kappa shape index (κ3) is 3.37. The minimum atomic E-state index is -2.36. The van der Waals surface area contributed by atoms with Crippen LogP contribution in [0.4, 0.5) is 8.78 Å². The minimum Gasteiger partial charge on any atom is -0.480 e. The number of methoxy groups -OCH3 is 2. The molecule has 0 saturated heterocycles. The monoisotopic (exact) mass is 351 g/mol. The van der Waals surface area contributed by atoms with Crippen LogP contribution < -0.4 is 15.2 Å². The van der Waals surface area contributed by atoms with E-state index in [0.717, 1.165) is 0 Å². The molecule has 2 aromatic heterocycles. The summed E-state index contributed by atoms with van der Waals surface area (Å²) in [6.45, 7) is 1.75. The first-order valence-electron chi connectivity index (χ1n) is 7.82. The van der Waals surface area contributed by atoms with Crippen LogP contribution in [0.15, 0.2) is 12.3 Å². The quantitative estimate of drug-likeness (QED) is 0.853. The van der Waals surface area contributed by atoms with E-state index < -0.39 is 18.4 Å². The molecule has 25 heavy (non-hydrogen) atoms. The minimum absolute atomic E-state index is 0.154. The van der Waals surface area contributed by atoms with Gasteiger partial charge in [-0.3, -0.25) is 0 Å². The van der Waals surface area contributed by atoms with Crippen LogP contribution in [0.25, 0.3) is 11.3 Å². The first-order chi connectivity index (χ1) is 12.0. The van der Waals surface area contributed by atoms with Gasteiger partial charge in [-0.05, 0) is 30.9 Å². The van der Waals surface area contributed by atoms with Crippen molar-refractivity contribution in [2.45, 2.75) is 31.7 Å². The number of hydrogen-bond donors (Lipinski definition) is 1. The van der Waals surface area contributed by atoms with E-state index in [1.165, 1.54) is 20.4 Å². The zero-order chi connectivity index (χ0) is 18.1. The maximum atomic E-state index is 13.0. The van der Waals surface area contributed by atoms with E-state index in [4.69, 9.17) is 15.2 Å². The fourth-order valence-electron chi connectivity index (χ4n) is 2.83. The second-order valence-electron chi connectivity index (χ2n) is 5.98. The third-order valence-corrected chi connectivity index (χ3v) is 4.23. The molecule has 3 atom stereocenters. The zero-order valence-corrected chi connectivity index (χ0v) is 14.1. The topological polar surface area (TPSA) is 96.0 Å². The van der Waals surface area contributed by atoms with Gasteiger partial charge in [-0.2, -0.15) is 10.1 Å². The molecule has 1 saturated carbocycles. The highest BCUT2D eigenvalue weighted by Gasteiger charge is 2.46. The maximum Gasteiger partial charge on any atom is 0.319 e. The Bertz CT molecular complexity index is 772. The summed E-state index contributed by atoms with van der Waals surface area (Å²) in [6.07, 6.45) is -0.443. The van der Waals surface area contributed by atoms with Crippen LogP contribution in [0.1, 0.15) is 36.6 Å². The molecule has 0 amide bonds. The maximum absolute atomic E-state index is 13.0. The van der Waals surface area contributed by atoms with E-state index in [1.54, 1.807) is 13.0 Å². The molecular formula is C16H19F2N5O2. The molecule has 7 nitrogen and oxygen atoms in total. The number of halogens is 2. The fraction of sp³-hybridized carbons (Fsp3) is 0.500. The summed E-state index contributed by atoms with van der Waals surface area (Å²) in [5.74, 6) is -0.661.